The Kier molecular flexibility index (Phi) is 7.39. The average molecular weight is 304 g/mol. The van der Waals surface area contributed by atoms with E-state index in [1.165, 1.54) is 5.56 Å². The van der Waals surface area contributed by atoms with Crippen LogP contribution in [0.4, 0.5) is 0 Å². The van der Waals surface area contributed by atoms with Crippen molar-refractivity contribution in [3.63, 3.8) is 0 Å². The van der Waals surface area contributed by atoms with Gasteiger partial charge in [-0.1, -0.05) is 44.2 Å². The Balaban J connectivity index is 2.49. The summed E-state index contributed by atoms with van der Waals surface area (Å²) in [5, 5.41) is 10.4. The van der Waals surface area contributed by atoms with Crippen LogP contribution in [0.25, 0.3) is 0 Å². The number of aliphatic imine (C=N–C) groups is 1. The van der Waals surface area contributed by atoms with E-state index < -0.39 is 0 Å². The molecule has 1 atom stereocenters. The molecule has 1 rings (SSSR count). The van der Waals surface area contributed by atoms with Crippen molar-refractivity contribution in [3.05, 3.63) is 35.9 Å². The van der Waals surface area contributed by atoms with E-state index in [2.05, 4.69) is 79.8 Å². The van der Waals surface area contributed by atoms with Gasteiger partial charge in [0.1, 0.15) is 0 Å². The van der Waals surface area contributed by atoms with Crippen molar-refractivity contribution in [2.75, 3.05) is 20.1 Å². The van der Waals surface area contributed by atoms with E-state index in [1.54, 1.807) is 0 Å². The number of rotatable bonds is 7. The van der Waals surface area contributed by atoms with Crippen LogP contribution in [-0.4, -0.2) is 31.6 Å². The van der Waals surface area contributed by atoms with Crippen LogP contribution in [0.5, 0.6) is 0 Å². The largest absolute Gasteiger partial charge is 0.356 e. The molecule has 0 heterocycles. The van der Waals surface area contributed by atoms with Gasteiger partial charge in [0.2, 0.25) is 0 Å². The normalized spacial score (nSPS) is 14.0. The zero-order chi connectivity index (χ0) is 16.6. The van der Waals surface area contributed by atoms with Crippen molar-refractivity contribution >= 4 is 5.96 Å². The summed E-state index contributed by atoms with van der Waals surface area (Å²) in [6, 6.07) is 10.8. The summed E-state index contributed by atoms with van der Waals surface area (Å²) in [4.78, 5) is 4.27. The van der Waals surface area contributed by atoms with Crippen LogP contribution in [0.2, 0.25) is 0 Å². The second-order valence-electron chi connectivity index (χ2n) is 6.86. The highest BCUT2D eigenvalue weighted by atomic mass is 15.2. The summed E-state index contributed by atoms with van der Waals surface area (Å²) in [7, 11) is 1.81. The van der Waals surface area contributed by atoms with E-state index in [0.29, 0.717) is 12.0 Å². The topological polar surface area (TPSA) is 48.5 Å². The minimum Gasteiger partial charge on any atom is -0.356 e. The van der Waals surface area contributed by atoms with Gasteiger partial charge in [-0.3, -0.25) is 4.99 Å². The molecule has 1 aromatic rings. The van der Waals surface area contributed by atoms with E-state index >= 15 is 0 Å². The van der Waals surface area contributed by atoms with E-state index in [-0.39, 0.29) is 5.54 Å². The molecule has 0 aromatic heterocycles. The lowest BCUT2D eigenvalue weighted by molar-refractivity contribution is 0.344. The Hall–Kier alpha value is -1.55. The molecule has 4 heteroatoms. The molecule has 0 aliphatic carbocycles. The molecule has 0 bridgehead atoms. The molecule has 0 saturated heterocycles. The molecule has 0 aliphatic rings. The van der Waals surface area contributed by atoms with Gasteiger partial charge in [0.25, 0.3) is 0 Å². The molecule has 1 unspecified atom stereocenters. The average Bonchev–Trinajstić information content (AvgIpc) is 2.47. The molecule has 0 aliphatic heterocycles. The standard InChI is InChI=1S/C18H32N4/c1-14(2)12-20-17(19-6)21-13-18(4,5)22-15(3)16-10-8-7-9-11-16/h7-11,14-15,22H,12-13H2,1-6H3,(H2,19,20,21). The molecule has 1 aromatic carbocycles. The highest BCUT2D eigenvalue weighted by molar-refractivity contribution is 5.79. The third-order valence-corrected chi connectivity index (χ3v) is 3.51. The summed E-state index contributed by atoms with van der Waals surface area (Å²) in [5.41, 5.74) is 1.27. The van der Waals surface area contributed by atoms with Crippen LogP contribution in [-0.2, 0) is 0 Å². The maximum atomic E-state index is 4.27. The second-order valence-corrected chi connectivity index (χ2v) is 6.86. The van der Waals surface area contributed by atoms with Crippen LogP contribution < -0.4 is 16.0 Å². The summed E-state index contributed by atoms with van der Waals surface area (Å²) in [6.45, 7) is 12.7. The maximum absolute atomic E-state index is 4.27. The van der Waals surface area contributed by atoms with Crippen molar-refractivity contribution in [2.45, 2.75) is 46.2 Å². The SMILES string of the molecule is CN=C(NCC(C)C)NCC(C)(C)NC(C)c1ccccc1. The van der Waals surface area contributed by atoms with Gasteiger partial charge in [0, 0.05) is 31.7 Å². The third-order valence-electron chi connectivity index (χ3n) is 3.51. The summed E-state index contributed by atoms with van der Waals surface area (Å²) in [6.07, 6.45) is 0. The van der Waals surface area contributed by atoms with E-state index in [9.17, 15) is 0 Å². The van der Waals surface area contributed by atoms with Crippen LogP contribution in [0.1, 0.15) is 46.2 Å². The molecular formula is C18H32N4. The van der Waals surface area contributed by atoms with Gasteiger partial charge >= 0.3 is 0 Å². The fraction of sp³-hybridized carbons (Fsp3) is 0.611. The van der Waals surface area contributed by atoms with Gasteiger partial charge in [-0.05, 0) is 32.3 Å². The molecule has 124 valence electrons. The lowest BCUT2D eigenvalue weighted by Crippen LogP contribution is -2.52. The smallest absolute Gasteiger partial charge is 0.191 e. The number of nitrogens with zero attached hydrogens (tertiary/aromatic N) is 1. The Bertz CT molecular complexity index is 451. The van der Waals surface area contributed by atoms with Crippen LogP contribution >= 0.6 is 0 Å². The summed E-state index contributed by atoms with van der Waals surface area (Å²) in [5.74, 6) is 1.46. The Morgan fingerprint density at radius 1 is 1.09 bits per heavy atom. The third kappa shape index (κ3) is 6.94. The quantitative estimate of drug-likeness (QED) is 0.536. The lowest BCUT2D eigenvalue weighted by atomic mass is 10.0. The number of nitrogens with one attached hydrogen (secondary N) is 3. The van der Waals surface area contributed by atoms with Gasteiger partial charge < -0.3 is 16.0 Å². The van der Waals surface area contributed by atoms with Crippen molar-refractivity contribution in [2.24, 2.45) is 10.9 Å². The van der Waals surface area contributed by atoms with Gasteiger partial charge in [-0.2, -0.15) is 0 Å². The molecule has 0 fully saturated rings. The number of guanidine groups is 1. The van der Waals surface area contributed by atoms with Gasteiger partial charge in [0.15, 0.2) is 5.96 Å². The number of hydrogen-bond donors (Lipinski definition) is 3. The molecular weight excluding hydrogens is 272 g/mol. The van der Waals surface area contributed by atoms with Crippen molar-refractivity contribution in [1.29, 1.82) is 0 Å². The predicted molar refractivity (Wildman–Crippen MR) is 96.3 cm³/mol. The highest BCUT2D eigenvalue weighted by Crippen LogP contribution is 2.15. The Labute approximate surface area is 135 Å². The maximum Gasteiger partial charge on any atom is 0.191 e. The van der Waals surface area contributed by atoms with Gasteiger partial charge in [-0.15, -0.1) is 0 Å². The molecule has 22 heavy (non-hydrogen) atoms. The molecule has 4 nitrogen and oxygen atoms in total. The Morgan fingerprint density at radius 3 is 2.27 bits per heavy atom. The second kappa shape index (κ2) is 8.79. The molecule has 0 radical (unpaired) electrons. The minimum atomic E-state index is -0.0370. The minimum absolute atomic E-state index is 0.0370. The van der Waals surface area contributed by atoms with Crippen LogP contribution in [0.3, 0.4) is 0 Å². The van der Waals surface area contributed by atoms with E-state index in [1.807, 2.05) is 13.1 Å². The first-order chi connectivity index (χ1) is 10.3. The van der Waals surface area contributed by atoms with Crippen LogP contribution in [0.15, 0.2) is 35.3 Å². The van der Waals surface area contributed by atoms with E-state index in [0.717, 1.165) is 19.0 Å². The van der Waals surface area contributed by atoms with Crippen molar-refractivity contribution in [3.8, 4) is 0 Å². The highest BCUT2D eigenvalue weighted by Gasteiger charge is 2.21. The first kappa shape index (κ1) is 18.5. The lowest BCUT2D eigenvalue weighted by Gasteiger charge is -2.31. The summed E-state index contributed by atoms with van der Waals surface area (Å²) < 4.78 is 0. The predicted octanol–water partition coefficient (Wildman–Crippen LogP) is 2.94. The van der Waals surface area contributed by atoms with E-state index in [4.69, 9.17) is 0 Å². The van der Waals surface area contributed by atoms with Crippen molar-refractivity contribution in [1.82, 2.24) is 16.0 Å². The van der Waals surface area contributed by atoms with Gasteiger partial charge in [0.05, 0.1) is 0 Å². The molecule has 0 amide bonds. The zero-order valence-electron chi connectivity index (χ0n) is 14.9. The Morgan fingerprint density at radius 2 is 1.73 bits per heavy atom. The van der Waals surface area contributed by atoms with Crippen molar-refractivity contribution < 1.29 is 0 Å². The monoisotopic (exact) mass is 304 g/mol. The molecule has 0 spiro atoms. The number of benzene rings is 1. The fourth-order valence-electron chi connectivity index (χ4n) is 2.29. The fourth-order valence-corrected chi connectivity index (χ4v) is 2.29. The summed E-state index contributed by atoms with van der Waals surface area (Å²) >= 11 is 0. The van der Waals surface area contributed by atoms with Crippen LogP contribution in [0, 0.1) is 5.92 Å². The first-order valence-corrected chi connectivity index (χ1v) is 8.11. The molecule has 3 N–H and O–H groups in total. The molecule has 0 saturated carbocycles. The zero-order valence-corrected chi connectivity index (χ0v) is 14.9. The number of hydrogen-bond acceptors (Lipinski definition) is 2. The first-order valence-electron chi connectivity index (χ1n) is 8.11. The van der Waals surface area contributed by atoms with Gasteiger partial charge in [-0.25, -0.2) is 0 Å².